The lowest BCUT2D eigenvalue weighted by Crippen LogP contribution is -2.41. The molecule has 0 spiro atoms. The van der Waals surface area contributed by atoms with Crippen LogP contribution in [0.3, 0.4) is 0 Å². The molecule has 3 aromatic rings. The molecule has 140 valence electrons. The zero-order chi connectivity index (χ0) is 19.1. The van der Waals surface area contributed by atoms with Gasteiger partial charge in [0.05, 0.1) is 16.7 Å². The van der Waals surface area contributed by atoms with Crippen LogP contribution in [0, 0.1) is 0 Å². The van der Waals surface area contributed by atoms with E-state index in [9.17, 15) is 9.90 Å². The smallest absolute Gasteiger partial charge is 0.412 e. The van der Waals surface area contributed by atoms with Crippen LogP contribution in [0.4, 0.5) is 10.5 Å². The third kappa shape index (κ3) is 2.97. The van der Waals surface area contributed by atoms with Crippen molar-refractivity contribution >= 4 is 22.8 Å². The van der Waals surface area contributed by atoms with Gasteiger partial charge in [-0.25, -0.2) is 9.78 Å². The zero-order valence-corrected chi connectivity index (χ0v) is 16.0. The minimum atomic E-state index is -0.892. The van der Waals surface area contributed by atoms with Gasteiger partial charge in [-0.05, 0) is 43.4 Å². The van der Waals surface area contributed by atoms with Crippen LogP contribution in [-0.2, 0) is 19.9 Å². The Morgan fingerprint density at radius 3 is 2.70 bits per heavy atom. The number of rotatable bonds is 3. The third-order valence-electron chi connectivity index (χ3n) is 5.80. The lowest BCUT2D eigenvalue weighted by molar-refractivity contribution is 0.198. The van der Waals surface area contributed by atoms with Crippen molar-refractivity contribution < 1.29 is 9.90 Å². The molecule has 1 amide bonds. The standard InChI is InChI=1S/C22H25N3O2/c1-14(16-7-5-4-6-8-16)13-20-23-21-17-10-9-15(2)25(22(26)27)18(17)11-12-19(21)24(20)3/h4-8,11-12,14-15H,9-10,13H2,1-3H3,(H,26,27)/t14?,15-/m0/s1. The molecule has 2 atom stereocenters. The van der Waals surface area contributed by atoms with Crippen LogP contribution in [0.15, 0.2) is 42.5 Å². The topological polar surface area (TPSA) is 58.4 Å². The molecule has 1 aliphatic rings. The molecule has 0 aliphatic carbocycles. The van der Waals surface area contributed by atoms with Crippen LogP contribution in [0.5, 0.6) is 0 Å². The van der Waals surface area contributed by atoms with Gasteiger partial charge in [0, 0.05) is 25.1 Å². The molecular weight excluding hydrogens is 338 g/mol. The lowest BCUT2D eigenvalue weighted by atomic mass is 9.96. The van der Waals surface area contributed by atoms with Crippen LogP contribution in [0.1, 0.15) is 43.1 Å². The average Bonchev–Trinajstić information content (AvgIpc) is 2.97. The second-order valence-corrected chi connectivity index (χ2v) is 7.57. The Morgan fingerprint density at radius 2 is 2.00 bits per heavy atom. The fraction of sp³-hybridized carbons (Fsp3) is 0.364. The van der Waals surface area contributed by atoms with Gasteiger partial charge in [0.25, 0.3) is 0 Å². The normalized spacial score (nSPS) is 17.7. The molecule has 2 aromatic carbocycles. The fourth-order valence-corrected chi connectivity index (χ4v) is 4.19. The van der Waals surface area contributed by atoms with Crippen molar-refractivity contribution in [3.8, 4) is 0 Å². The molecule has 27 heavy (non-hydrogen) atoms. The summed E-state index contributed by atoms with van der Waals surface area (Å²) in [7, 11) is 2.05. The molecule has 4 rings (SSSR count). The SMILES string of the molecule is CC(Cc1nc2c3c(ccc2n1C)N(C(=O)O)[C@@H](C)CC3)c1ccccc1. The number of anilines is 1. The molecule has 2 heterocycles. The second-order valence-electron chi connectivity index (χ2n) is 7.57. The van der Waals surface area contributed by atoms with Gasteiger partial charge >= 0.3 is 6.09 Å². The van der Waals surface area contributed by atoms with Crippen LogP contribution in [-0.4, -0.2) is 26.8 Å². The van der Waals surface area contributed by atoms with Gasteiger partial charge in [0.1, 0.15) is 5.82 Å². The monoisotopic (exact) mass is 363 g/mol. The maximum atomic E-state index is 11.7. The fourth-order valence-electron chi connectivity index (χ4n) is 4.19. The molecule has 1 unspecified atom stereocenters. The van der Waals surface area contributed by atoms with E-state index in [0.29, 0.717) is 5.92 Å². The predicted octanol–water partition coefficient (Wildman–Crippen LogP) is 4.74. The molecular formula is C22H25N3O2. The molecule has 0 saturated carbocycles. The summed E-state index contributed by atoms with van der Waals surface area (Å²) in [5, 5.41) is 9.63. The largest absolute Gasteiger partial charge is 0.465 e. The zero-order valence-electron chi connectivity index (χ0n) is 16.0. The summed E-state index contributed by atoms with van der Waals surface area (Å²) in [6.45, 7) is 4.19. The Kier molecular flexibility index (Phi) is 4.38. The number of imidazole rings is 1. The summed E-state index contributed by atoms with van der Waals surface area (Å²) >= 11 is 0. The van der Waals surface area contributed by atoms with Gasteiger partial charge in [-0.2, -0.15) is 0 Å². The maximum absolute atomic E-state index is 11.7. The second kappa shape index (κ2) is 6.72. The van der Waals surface area contributed by atoms with Gasteiger partial charge in [-0.1, -0.05) is 37.3 Å². The Labute approximate surface area is 159 Å². The predicted molar refractivity (Wildman–Crippen MR) is 108 cm³/mol. The number of hydrogen-bond acceptors (Lipinski definition) is 2. The van der Waals surface area contributed by atoms with Gasteiger partial charge in [0.2, 0.25) is 0 Å². The molecule has 1 aromatic heterocycles. The summed E-state index contributed by atoms with van der Waals surface area (Å²) in [5.41, 5.74) is 5.17. The molecule has 0 fully saturated rings. The number of hydrogen-bond donors (Lipinski definition) is 1. The van der Waals surface area contributed by atoms with Crippen molar-refractivity contribution in [2.45, 2.75) is 45.1 Å². The number of carboxylic acid groups (broad SMARTS) is 1. The number of fused-ring (bicyclic) bond motifs is 3. The Balaban J connectivity index is 1.75. The highest BCUT2D eigenvalue weighted by molar-refractivity contribution is 5.94. The van der Waals surface area contributed by atoms with E-state index in [-0.39, 0.29) is 6.04 Å². The van der Waals surface area contributed by atoms with Gasteiger partial charge < -0.3 is 9.67 Å². The molecule has 0 saturated heterocycles. The van der Waals surface area contributed by atoms with Crippen LogP contribution < -0.4 is 4.90 Å². The van der Waals surface area contributed by atoms with Gasteiger partial charge in [-0.3, -0.25) is 4.90 Å². The first-order valence-electron chi connectivity index (χ1n) is 9.51. The third-order valence-corrected chi connectivity index (χ3v) is 5.80. The quantitative estimate of drug-likeness (QED) is 0.731. The van der Waals surface area contributed by atoms with E-state index in [1.165, 1.54) is 10.5 Å². The van der Waals surface area contributed by atoms with Crippen LogP contribution in [0.25, 0.3) is 11.0 Å². The van der Waals surface area contributed by atoms with Crippen LogP contribution in [0.2, 0.25) is 0 Å². The first-order valence-corrected chi connectivity index (χ1v) is 9.51. The summed E-state index contributed by atoms with van der Waals surface area (Å²) < 4.78 is 2.15. The summed E-state index contributed by atoms with van der Waals surface area (Å²) in [5.74, 6) is 1.41. The average molecular weight is 363 g/mol. The highest BCUT2D eigenvalue weighted by Crippen LogP contribution is 2.36. The minimum Gasteiger partial charge on any atom is -0.465 e. The lowest BCUT2D eigenvalue weighted by Gasteiger charge is -2.33. The van der Waals surface area contributed by atoms with Crippen molar-refractivity contribution in [2.24, 2.45) is 7.05 Å². The van der Waals surface area contributed by atoms with Crippen molar-refractivity contribution in [2.75, 3.05) is 4.90 Å². The van der Waals surface area contributed by atoms with Crippen molar-refractivity contribution in [3.63, 3.8) is 0 Å². The van der Waals surface area contributed by atoms with Crippen molar-refractivity contribution in [1.29, 1.82) is 0 Å². The summed E-state index contributed by atoms with van der Waals surface area (Å²) in [4.78, 5) is 18.2. The number of benzene rings is 2. The minimum absolute atomic E-state index is 0.00580. The number of nitrogens with zero attached hydrogens (tertiary/aromatic N) is 3. The van der Waals surface area contributed by atoms with Gasteiger partial charge in [-0.15, -0.1) is 0 Å². The molecule has 0 bridgehead atoms. The number of aryl methyl sites for hydroxylation is 2. The Bertz CT molecular complexity index is 994. The van der Waals surface area contributed by atoms with E-state index in [4.69, 9.17) is 4.98 Å². The van der Waals surface area contributed by atoms with E-state index in [1.54, 1.807) is 0 Å². The van der Waals surface area contributed by atoms with E-state index in [1.807, 2.05) is 25.1 Å². The van der Waals surface area contributed by atoms with E-state index in [2.05, 4.69) is 42.8 Å². The van der Waals surface area contributed by atoms with Crippen molar-refractivity contribution in [3.05, 3.63) is 59.4 Å². The Morgan fingerprint density at radius 1 is 1.26 bits per heavy atom. The molecule has 1 N–H and O–H groups in total. The van der Waals surface area contributed by atoms with Crippen LogP contribution >= 0.6 is 0 Å². The molecule has 0 radical (unpaired) electrons. The maximum Gasteiger partial charge on any atom is 0.412 e. The first kappa shape index (κ1) is 17.6. The van der Waals surface area contributed by atoms with E-state index >= 15 is 0 Å². The van der Waals surface area contributed by atoms with Gasteiger partial charge in [0.15, 0.2) is 0 Å². The molecule has 5 heteroatoms. The van der Waals surface area contributed by atoms with Crippen molar-refractivity contribution in [1.82, 2.24) is 9.55 Å². The number of aromatic nitrogens is 2. The van der Waals surface area contributed by atoms with E-state index < -0.39 is 6.09 Å². The Hall–Kier alpha value is -2.82. The number of amides is 1. The first-order chi connectivity index (χ1) is 13.0. The highest BCUT2D eigenvalue weighted by atomic mass is 16.4. The highest BCUT2D eigenvalue weighted by Gasteiger charge is 2.30. The number of carbonyl (C=O) groups is 1. The molecule has 5 nitrogen and oxygen atoms in total. The summed E-state index contributed by atoms with van der Waals surface area (Å²) in [6.07, 6.45) is 1.65. The molecule has 1 aliphatic heterocycles. The van der Waals surface area contributed by atoms with E-state index in [0.717, 1.165) is 47.4 Å². The summed E-state index contributed by atoms with van der Waals surface area (Å²) in [6, 6.07) is 14.4.